The number of carbonyl (C=O) groups excluding carboxylic acids is 3. The molecule has 2 spiro atoms. The van der Waals surface area contributed by atoms with Crippen LogP contribution in [-0.2, 0) is 39.8 Å². The summed E-state index contributed by atoms with van der Waals surface area (Å²) in [6.07, 6.45) is 1.18. The first-order chi connectivity index (χ1) is 22.7. The van der Waals surface area contributed by atoms with Crippen molar-refractivity contribution < 1.29 is 53.1 Å². The van der Waals surface area contributed by atoms with Gasteiger partial charge in [0.25, 0.3) is 0 Å². The molecule has 0 radical (unpaired) electrons. The molecule has 13 atom stereocenters. The van der Waals surface area contributed by atoms with E-state index in [1.54, 1.807) is 12.3 Å². The molecular formula is C37H52O11. The molecule has 48 heavy (non-hydrogen) atoms. The largest absolute Gasteiger partial charge is 0.469 e. The quantitative estimate of drug-likeness (QED) is 0.244. The van der Waals surface area contributed by atoms with Crippen molar-refractivity contribution in [2.24, 2.45) is 39.9 Å². The second kappa shape index (κ2) is 11.4. The highest BCUT2D eigenvalue weighted by Gasteiger charge is 2.91. The zero-order chi connectivity index (χ0) is 34.6. The molecule has 1 aromatic heterocycles. The van der Waals surface area contributed by atoms with Crippen LogP contribution in [0.25, 0.3) is 0 Å². The molecule has 4 saturated heterocycles. The molecule has 2 saturated carbocycles. The predicted molar refractivity (Wildman–Crippen MR) is 169 cm³/mol. The fraction of sp³-hybridized carbons (Fsp3) is 0.811. The van der Waals surface area contributed by atoms with E-state index in [9.17, 15) is 29.7 Å². The Kier molecular flexibility index (Phi) is 8.08. The maximum absolute atomic E-state index is 14.8. The summed E-state index contributed by atoms with van der Waals surface area (Å²) >= 11 is 0. The summed E-state index contributed by atoms with van der Waals surface area (Å²) in [4.78, 5) is 41.4. The molecule has 11 nitrogen and oxygen atoms in total. The van der Waals surface area contributed by atoms with Crippen molar-refractivity contribution in [2.45, 2.75) is 135 Å². The van der Waals surface area contributed by atoms with Crippen LogP contribution in [-0.4, -0.2) is 81.9 Å². The van der Waals surface area contributed by atoms with Gasteiger partial charge in [-0.15, -0.1) is 0 Å². The van der Waals surface area contributed by atoms with Crippen LogP contribution in [0.3, 0.4) is 0 Å². The number of Topliss-reactive ketones (excluding diaryl/α,β-unsaturated/α-hetero) is 1. The molecule has 5 heterocycles. The van der Waals surface area contributed by atoms with Crippen molar-refractivity contribution in [1.29, 1.82) is 0 Å². The van der Waals surface area contributed by atoms with Gasteiger partial charge in [-0.1, -0.05) is 41.0 Å². The van der Waals surface area contributed by atoms with Gasteiger partial charge >= 0.3 is 11.9 Å². The second-order valence-electron chi connectivity index (χ2n) is 16.7. The van der Waals surface area contributed by atoms with E-state index < -0.39 is 69.9 Å². The van der Waals surface area contributed by atoms with Crippen LogP contribution in [0, 0.1) is 39.9 Å². The van der Waals surface area contributed by atoms with Crippen molar-refractivity contribution in [3.8, 4) is 0 Å². The lowest BCUT2D eigenvalue weighted by molar-refractivity contribution is -0.252. The molecule has 7 rings (SSSR count). The third-order valence-electron chi connectivity index (χ3n) is 13.9. The maximum Gasteiger partial charge on any atom is 0.339 e. The van der Waals surface area contributed by atoms with Crippen LogP contribution in [0.4, 0.5) is 0 Å². The Labute approximate surface area is 282 Å². The number of aliphatic hydroxyl groups is 3. The van der Waals surface area contributed by atoms with E-state index in [2.05, 4.69) is 13.8 Å². The number of aliphatic hydroxyl groups excluding tert-OH is 3. The molecule has 6 fully saturated rings. The first-order valence-corrected chi connectivity index (χ1v) is 17.9. The molecule has 2 aliphatic carbocycles. The highest BCUT2D eigenvalue weighted by atomic mass is 16.7. The van der Waals surface area contributed by atoms with Crippen LogP contribution < -0.4 is 0 Å². The van der Waals surface area contributed by atoms with Crippen LogP contribution in [0.15, 0.2) is 16.7 Å². The molecule has 11 heteroatoms. The van der Waals surface area contributed by atoms with Gasteiger partial charge in [-0.25, -0.2) is 4.79 Å². The summed E-state index contributed by atoms with van der Waals surface area (Å²) in [5.41, 5.74) is -4.46. The van der Waals surface area contributed by atoms with Crippen LogP contribution in [0.5, 0.6) is 0 Å². The van der Waals surface area contributed by atoms with Gasteiger partial charge in [-0.2, -0.15) is 0 Å². The SMILES string of the molecule is CCC[C@H](Cc1occc1[C@H]1OC(=O)[C@H]2O[C@@]23[C@]2(C)[C@H](O)C(=O)[C@@H]4[C@]5(COC(=O)C[C@@H]5O[C@@]4(C)CCC(C)C)[C@@H]2CC[C@]13C)[C@H](O)CO. The van der Waals surface area contributed by atoms with E-state index in [4.69, 9.17) is 23.4 Å². The van der Waals surface area contributed by atoms with E-state index in [0.29, 0.717) is 49.3 Å². The summed E-state index contributed by atoms with van der Waals surface area (Å²) in [5, 5.41) is 32.7. The summed E-state index contributed by atoms with van der Waals surface area (Å²) in [6, 6.07) is 1.79. The third kappa shape index (κ3) is 4.26. The van der Waals surface area contributed by atoms with Crippen molar-refractivity contribution in [3.05, 3.63) is 23.7 Å². The minimum absolute atomic E-state index is 0.0143. The minimum Gasteiger partial charge on any atom is -0.469 e. The first-order valence-electron chi connectivity index (χ1n) is 17.9. The molecule has 3 N–H and O–H groups in total. The number of epoxide rings is 1. The minimum atomic E-state index is -1.45. The smallest absolute Gasteiger partial charge is 0.339 e. The van der Waals surface area contributed by atoms with E-state index >= 15 is 0 Å². The number of ketones is 1. The van der Waals surface area contributed by atoms with Gasteiger partial charge in [0.15, 0.2) is 11.9 Å². The Balaban J connectivity index is 1.32. The molecular weight excluding hydrogens is 620 g/mol. The fourth-order valence-electron chi connectivity index (χ4n) is 11.6. The molecule has 6 aliphatic rings. The van der Waals surface area contributed by atoms with Crippen molar-refractivity contribution >= 4 is 17.7 Å². The number of rotatable bonds is 10. The number of furan rings is 1. The molecule has 266 valence electrons. The van der Waals surface area contributed by atoms with E-state index in [0.717, 1.165) is 12.8 Å². The molecule has 4 aliphatic heterocycles. The summed E-state index contributed by atoms with van der Waals surface area (Å²) in [5.74, 6) is -1.64. The molecule has 0 unspecified atom stereocenters. The van der Waals surface area contributed by atoms with Gasteiger partial charge in [-0.3, -0.25) is 9.59 Å². The predicted octanol–water partition coefficient (Wildman–Crippen LogP) is 3.84. The molecule has 1 aromatic rings. The molecule has 0 aromatic carbocycles. The average molecular weight is 673 g/mol. The van der Waals surface area contributed by atoms with Crippen molar-refractivity contribution in [2.75, 3.05) is 13.2 Å². The van der Waals surface area contributed by atoms with E-state index in [1.165, 1.54) is 0 Å². The molecule has 0 bridgehead atoms. The number of carbonyl (C=O) groups is 3. The number of cyclic esters (lactones) is 2. The number of hydrogen-bond acceptors (Lipinski definition) is 11. The summed E-state index contributed by atoms with van der Waals surface area (Å²) < 4.78 is 31.4. The Morgan fingerprint density at radius 3 is 2.50 bits per heavy atom. The van der Waals surface area contributed by atoms with Gasteiger partial charge in [0.2, 0.25) is 0 Å². The van der Waals surface area contributed by atoms with Gasteiger partial charge in [0.1, 0.15) is 30.2 Å². The molecule has 0 amide bonds. The lowest BCUT2D eigenvalue weighted by Crippen LogP contribution is -2.76. The monoisotopic (exact) mass is 672 g/mol. The van der Waals surface area contributed by atoms with E-state index in [1.807, 2.05) is 27.7 Å². The Morgan fingerprint density at radius 1 is 1.06 bits per heavy atom. The Morgan fingerprint density at radius 2 is 1.81 bits per heavy atom. The van der Waals surface area contributed by atoms with Gasteiger partial charge in [-0.05, 0) is 62.8 Å². The third-order valence-corrected chi connectivity index (χ3v) is 13.9. The highest BCUT2D eigenvalue weighted by molar-refractivity contribution is 5.92. The van der Waals surface area contributed by atoms with Gasteiger partial charge < -0.3 is 38.7 Å². The first kappa shape index (κ1) is 34.2. The summed E-state index contributed by atoms with van der Waals surface area (Å²) in [7, 11) is 0. The average Bonchev–Trinajstić information content (AvgIpc) is 3.59. The van der Waals surface area contributed by atoms with Gasteiger partial charge in [0, 0.05) is 28.2 Å². The zero-order valence-electron chi connectivity index (χ0n) is 29.0. The van der Waals surface area contributed by atoms with Crippen LogP contribution in [0.1, 0.15) is 104 Å². The summed E-state index contributed by atoms with van der Waals surface area (Å²) in [6.45, 7) is 11.8. The number of hydrogen-bond donors (Lipinski definition) is 3. The van der Waals surface area contributed by atoms with Crippen LogP contribution >= 0.6 is 0 Å². The van der Waals surface area contributed by atoms with Crippen molar-refractivity contribution in [1.82, 2.24) is 0 Å². The number of esters is 2. The van der Waals surface area contributed by atoms with E-state index in [-0.39, 0.29) is 43.2 Å². The maximum atomic E-state index is 14.8. The zero-order valence-corrected chi connectivity index (χ0v) is 29.0. The Hall–Kier alpha value is -2.31. The van der Waals surface area contributed by atoms with Crippen molar-refractivity contribution in [3.63, 3.8) is 0 Å². The Bertz CT molecular complexity index is 1470. The fourth-order valence-corrected chi connectivity index (χ4v) is 11.6. The number of fused-ring (bicyclic) bond motifs is 1. The van der Waals surface area contributed by atoms with Gasteiger partial charge in [0.05, 0.1) is 43.0 Å². The lowest BCUT2D eigenvalue weighted by Gasteiger charge is -2.66. The lowest BCUT2D eigenvalue weighted by atomic mass is 9.36. The highest BCUT2D eigenvalue weighted by Crippen LogP contribution is 2.80. The normalized spacial score (nSPS) is 45.7. The second-order valence-corrected chi connectivity index (χ2v) is 16.7. The standard InChI is InChI=1S/C37H52O11/c1-7-8-20(22(39)17-38)15-23-21(11-14-44-23)30-33(4)12-10-24-35(6,37(33)31(48-37)32(43)46-30)29(42)27(41)28-34(5,13-9-19(2)3)47-25-16-26(40)45-18-36(24,25)28/h11,14,19-20,22,24-25,28-31,38-39,42H,7-10,12-13,15-18H2,1-6H3/t20-,22-,24-,25+,28+,29-,30-,31-,33-,34+,35+,36-,37+/m1/s1. The van der Waals surface area contributed by atoms with Crippen LogP contribution in [0.2, 0.25) is 0 Å². The topological polar surface area (TPSA) is 165 Å². The number of ether oxygens (including phenoxy) is 4.